The maximum absolute atomic E-state index is 12.4. The molecular weight excluding hydrogens is 436 g/mol. The second-order valence-electron chi connectivity index (χ2n) is 9.24. The number of fused-ring (bicyclic) bond motifs is 3. The maximum Gasteiger partial charge on any atom is 0.218 e. The van der Waals surface area contributed by atoms with Gasteiger partial charge < -0.3 is 14.8 Å². The minimum atomic E-state index is -3.30. The molecule has 7 heteroatoms. The zero-order chi connectivity index (χ0) is 24.0. The molecule has 0 aliphatic rings. The van der Waals surface area contributed by atoms with Crippen molar-refractivity contribution in [2.75, 3.05) is 5.75 Å². The molecule has 0 bridgehead atoms. The van der Waals surface area contributed by atoms with E-state index < -0.39 is 15.4 Å². The van der Waals surface area contributed by atoms with Crippen LogP contribution in [0, 0.1) is 6.92 Å². The van der Waals surface area contributed by atoms with Gasteiger partial charge in [-0.1, -0.05) is 31.2 Å². The van der Waals surface area contributed by atoms with Crippen molar-refractivity contribution in [3.05, 3.63) is 54.1 Å². The lowest BCUT2D eigenvalue weighted by Gasteiger charge is -2.23. The number of rotatable bonds is 7. The monoisotopic (exact) mass is 466 g/mol. The van der Waals surface area contributed by atoms with Gasteiger partial charge in [0, 0.05) is 28.3 Å². The fraction of sp³-hybridized carbons (Fsp3) is 0.346. The number of aromatic nitrogens is 2. The summed E-state index contributed by atoms with van der Waals surface area (Å²) in [7, 11) is -3.30. The van der Waals surface area contributed by atoms with Crippen molar-refractivity contribution in [2.24, 2.45) is 0 Å². The van der Waals surface area contributed by atoms with E-state index in [4.69, 9.17) is 9.72 Å². The first-order chi connectivity index (χ1) is 15.5. The molecule has 0 amide bonds. The van der Waals surface area contributed by atoms with E-state index in [1.54, 1.807) is 39.0 Å². The van der Waals surface area contributed by atoms with Gasteiger partial charge in [0.2, 0.25) is 5.88 Å². The summed E-state index contributed by atoms with van der Waals surface area (Å²) in [6, 6.07) is 15.1. The summed E-state index contributed by atoms with van der Waals surface area (Å²) in [5.41, 5.74) is 3.46. The zero-order valence-electron chi connectivity index (χ0n) is 19.6. The van der Waals surface area contributed by atoms with Crippen molar-refractivity contribution in [1.82, 2.24) is 9.97 Å². The summed E-state index contributed by atoms with van der Waals surface area (Å²) in [5, 5.41) is 12.0. The van der Waals surface area contributed by atoms with Crippen molar-refractivity contribution in [1.29, 1.82) is 0 Å². The number of aliphatic hydroxyl groups is 1. The molecule has 6 nitrogen and oxygen atoms in total. The fourth-order valence-corrected chi connectivity index (χ4v) is 5.20. The molecule has 2 aromatic heterocycles. The Kier molecular flexibility index (Phi) is 5.97. The molecule has 2 N–H and O–H groups in total. The molecule has 0 saturated carbocycles. The van der Waals surface area contributed by atoms with Gasteiger partial charge in [-0.3, -0.25) is 0 Å². The summed E-state index contributed by atoms with van der Waals surface area (Å²) in [5.74, 6) is 0.592. The Balaban J connectivity index is 1.83. The Bertz CT molecular complexity index is 1430. The normalized spacial score (nSPS) is 13.5. The number of H-pyrrole nitrogens is 1. The maximum atomic E-state index is 12.4. The van der Waals surface area contributed by atoms with Crippen molar-refractivity contribution in [3.8, 4) is 17.0 Å². The number of benzene rings is 2. The number of nitrogens with one attached hydrogen (secondary N) is 1. The zero-order valence-corrected chi connectivity index (χ0v) is 20.5. The molecule has 2 heterocycles. The van der Waals surface area contributed by atoms with Crippen molar-refractivity contribution in [3.63, 3.8) is 0 Å². The summed E-state index contributed by atoms with van der Waals surface area (Å²) >= 11 is 0. The third-order valence-electron chi connectivity index (χ3n) is 5.74. The second kappa shape index (κ2) is 8.47. The van der Waals surface area contributed by atoms with Crippen LogP contribution in [0.1, 0.15) is 39.7 Å². The molecule has 0 aliphatic heterocycles. The molecule has 4 aromatic rings. The average Bonchev–Trinajstić information content (AvgIpc) is 3.10. The Morgan fingerprint density at radius 1 is 1.15 bits per heavy atom. The highest BCUT2D eigenvalue weighted by molar-refractivity contribution is 7.91. The van der Waals surface area contributed by atoms with Crippen LogP contribution >= 0.6 is 0 Å². The highest BCUT2D eigenvalue weighted by Gasteiger charge is 2.21. The SMILES string of the molecule is CCS(=O)(=O)c1cccc(-c2cccc3[nH]c4nc(OC(C)CC(C)(C)O)c(C)cc4c23)c1. The van der Waals surface area contributed by atoms with Gasteiger partial charge in [-0.2, -0.15) is 4.98 Å². The molecule has 1 unspecified atom stereocenters. The van der Waals surface area contributed by atoms with Crippen LogP contribution in [0.4, 0.5) is 0 Å². The van der Waals surface area contributed by atoms with E-state index in [1.807, 2.05) is 44.2 Å². The number of aryl methyl sites for hydroxylation is 1. The van der Waals surface area contributed by atoms with Crippen LogP contribution in [0.5, 0.6) is 5.88 Å². The lowest BCUT2D eigenvalue weighted by atomic mass is 9.99. The van der Waals surface area contributed by atoms with E-state index in [0.29, 0.717) is 22.8 Å². The van der Waals surface area contributed by atoms with Gasteiger partial charge in [-0.05, 0) is 63.1 Å². The topological polar surface area (TPSA) is 92.3 Å². The third kappa shape index (κ3) is 4.75. The average molecular weight is 467 g/mol. The van der Waals surface area contributed by atoms with Gasteiger partial charge >= 0.3 is 0 Å². The Morgan fingerprint density at radius 3 is 2.58 bits per heavy atom. The second-order valence-corrected chi connectivity index (χ2v) is 11.5. The molecular formula is C26H30N2O4S. The van der Waals surface area contributed by atoms with Gasteiger partial charge in [0.25, 0.3) is 0 Å². The Hall–Kier alpha value is -2.90. The van der Waals surface area contributed by atoms with Crippen molar-refractivity contribution >= 4 is 31.8 Å². The van der Waals surface area contributed by atoms with Gasteiger partial charge in [0.05, 0.1) is 16.2 Å². The third-order valence-corrected chi connectivity index (χ3v) is 7.47. The first-order valence-corrected chi connectivity index (χ1v) is 12.8. The molecule has 0 fully saturated rings. The van der Waals surface area contributed by atoms with E-state index in [2.05, 4.69) is 4.98 Å². The summed E-state index contributed by atoms with van der Waals surface area (Å²) in [6.07, 6.45) is 0.289. The number of nitrogens with zero attached hydrogens (tertiary/aromatic N) is 1. The number of aromatic amines is 1. The van der Waals surface area contributed by atoms with E-state index in [1.165, 1.54) is 0 Å². The lowest BCUT2D eigenvalue weighted by Crippen LogP contribution is -2.28. The van der Waals surface area contributed by atoms with Crippen LogP contribution in [0.15, 0.2) is 53.4 Å². The van der Waals surface area contributed by atoms with Crippen LogP contribution in [-0.4, -0.2) is 41.0 Å². The largest absolute Gasteiger partial charge is 0.474 e. The van der Waals surface area contributed by atoms with Crippen LogP contribution in [0.2, 0.25) is 0 Å². The number of ether oxygens (including phenoxy) is 1. The number of sulfone groups is 1. The molecule has 0 spiro atoms. The highest BCUT2D eigenvalue weighted by atomic mass is 32.2. The van der Waals surface area contributed by atoms with Gasteiger partial charge in [0.15, 0.2) is 9.84 Å². The quantitative estimate of drug-likeness (QED) is 0.380. The standard InChI is InChI=1S/C26H30N2O4S/c1-6-33(30,31)19-10-7-9-18(14-19)20-11-8-12-22-23(20)21-13-16(2)25(28-24(21)27-22)32-17(3)15-26(4,5)29/h7-14,17,29H,6,15H2,1-5H3,(H,27,28). The molecule has 4 rings (SSSR count). The van der Waals surface area contributed by atoms with Gasteiger partial charge in [0.1, 0.15) is 11.8 Å². The first-order valence-electron chi connectivity index (χ1n) is 11.1. The number of hydrogen-bond donors (Lipinski definition) is 2. The van der Waals surface area contributed by atoms with Crippen LogP contribution in [-0.2, 0) is 9.84 Å². The van der Waals surface area contributed by atoms with Crippen LogP contribution < -0.4 is 4.74 Å². The summed E-state index contributed by atoms with van der Waals surface area (Å²) in [6.45, 7) is 9.05. The van der Waals surface area contributed by atoms with Crippen LogP contribution in [0.25, 0.3) is 33.1 Å². The van der Waals surface area contributed by atoms with Crippen molar-refractivity contribution in [2.45, 2.75) is 57.6 Å². The van der Waals surface area contributed by atoms with Gasteiger partial charge in [-0.15, -0.1) is 0 Å². The Morgan fingerprint density at radius 2 is 1.88 bits per heavy atom. The van der Waals surface area contributed by atoms with E-state index in [-0.39, 0.29) is 11.9 Å². The minimum absolute atomic E-state index is 0.0610. The number of hydrogen-bond acceptors (Lipinski definition) is 5. The Labute approximate surface area is 194 Å². The molecule has 0 radical (unpaired) electrons. The molecule has 1 atom stereocenters. The first kappa shape index (κ1) is 23.3. The van der Waals surface area contributed by atoms with Crippen LogP contribution in [0.3, 0.4) is 0 Å². The fourth-order valence-electron chi connectivity index (χ4n) is 4.28. The van der Waals surface area contributed by atoms with E-state index in [9.17, 15) is 13.5 Å². The molecule has 0 aliphatic carbocycles. The minimum Gasteiger partial charge on any atom is -0.474 e. The van der Waals surface area contributed by atoms with Crippen molar-refractivity contribution < 1.29 is 18.3 Å². The molecule has 0 saturated heterocycles. The highest BCUT2D eigenvalue weighted by Crippen LogP contribution is 2.36. The lowest BCUT2D eigenvalue weighted by molar-refractivity contribution is 0.0310. The summed E-state index contributed by atoms with van der Waals surface area (Å²) in [4.78, 5) is 8.43. The molecule has 2 aromatic carbocycles. The van der Waals surface area contributed by atoms with E-state index >= 15 is 0 Å². The smallest absolute Gasteiger partial charge is 0.218 e. The van der Waals surface area contributed by atoms with Gasteiger partial charge in [-0.25, -0.2) is 8.42 Å². The predicted molar refractivity (Wildman–Crippen MR) is 133 cm³/mol. The number of pyridine rings is 1. The summed E-state index contributed by atoms with van der Waals surface area (Å²) < 4.78 is 30.9. The molecule has 174 valence electrons. The molecule has 33 heavy (non-hydrogen) atoms. The predicted octanol–water partition coefficient (Wildman–Crippen LogP) is 5.41. The van der Waals surface area contributed by atoms with E-state index in [0.717, 1.165) is 33.0 Å².